The fourth-order valence-corrected chi connectivity index (χ4v) is 5.45. The largest absolute Gasteiger partial charge is 0.362 e. The van der Waals surface area contributed by atoms with Crippen LogP contribution in [0.5, 0.6) is 0 Å². The van der Waals surface area contributed by atoms with Crippen molar-refractivity contribution in [1.29, 1.82) is 0 Å². The topological polar surface area (TPSA) is 53.8 Å². The molecule has 2 heterocycles. The second-order valence-corrected chi connectivity index (χ2v) is 7.97. The van der Waals surface area contributed by atoms with E-state index in [-0.39, 0.29) is 11.6 Å². The molecule has 4 aliphatic rings. The van der Waals surface area contributed by atoms with Crippen LogP contribution in [0.3, 0.4) is 0 Å². The monoisotopic (exact) mass is 333 g/mol. The molecule has 25 heavy (non-hydrogen) atoms. The molecule has 2 atom stereocenters. The molecule has 1 fully saturated rings. The van der Waals surface area contributed by atoms with E-state index >= 15 is 0 Å². The zero-order valence-corrected chi connectivity index (χ0v) is 14.6. The third kappa shape index (κ3) is 1.91. The van der Waals surface area contributed by atoms with E-state index in [1.54, 1.807) is 0 Å². The van der Waals surface area contributed by atoms with Crippen molar-refractivity contribution in [1.82, 2.24) is 5.32 Å². The Balaban J connectivity index is 1.74. The molecule has 0 bridgehead atoms. The van der Waals surface area contributed by atoms with Gasteiger partial charge in [0.05, 0.1) is 11.6 Å². The van der Waals surface area contributed by atoms with Crippen LogP contribution in [0.4, 0.5) is 0 Å². The lowest BCUT2D eigenvalue weighted by Gasteiger charge is -2.51. The summed E-state index contributed by atoms with van der Waals surface area (Å²) in [6, 6.07) is 10.5. The van der Waals surface area contributed by atoms with Gasteiger partial charge in [-0.3, -0.25) is 4.79 Å². The molecule has 128 valence electrons. The van der Waals surface area contributed by atoms with Gasteiger partial charge >= 0.3 is 0 Å². The first-order chi connectivity index (χ1) is 12.2. The van der Waals surface area contributed by atoms with Gasteiger partial charge < -0.3 is 5.32 Å². The normalized spacial score (nSPS) is 32.0. The van der Waals surface area contributed by atoms with E-state index in [2.05, 4.69) is 46.7 Å². The van der Waals surface area contributed by atoms with Gasteiger partial charge in [-0.1, -0.05) is 43.7 Å². The summed E-state index contributed by atoms with van der Waals surface area (Å²) in [5.74, 6) is 0.324. The zero-order valence-electron chi connectivity index (χ0n) is 14.6. The molecule has 1 N–H and O–H groups in total. The molecule has 1 aromatic rings. The molecular formula is C21H23N3O. The Kier molecular flexibility index (Phi) is 3.09. The Bertz CT molecular complexity index is 832. The number of carbonyl (C=O) groups excluding carboxylic acids is 1. The average Bonchev–Trinajstić information content (AvgIpc) is 3.07. The second kappa shape index (κ2) is 5.13. The number of azo groups is 1. The van der Waals surface area contributed by atoms with Crippen molar-refractivity contribution in [3.05, 3.63) is 58.9 Å². The van der Waals surface area contributed by atoms with Gasteiger partial charge in [0.25, 0.3) is 0 Å². The first kappa shape index (κ1) is 15.1. The predicted octanol–water partition coefficient (Wildman–Crippen LogP) is 4.40. The van der Waals surface area contributed by atoms with E-state index < -0.39 is 5.41 Å². The summed E-state index contributed by atoms with van der Waals surface area (Å²) >= 11 is 0. The number of carbonyl (C=O) groups is 1. The Morgan fingerprint density at radius 1 is 1.20 bits per heavy atom. The standard InChI is InChI=1S/C21H23N3O/c1-2-21(14-7-4-3-5-8-14)15-13-22-24-19(15)23-16-11-20(9-6-10-20)12-17(25)18(16)21/h3-5,7-8,13,19,23H,2,6,9-12H2,1H3/t19?,21-/m1/s1. The highest BCUT2D eigenvalue weighted by Gasteiger charge is 2.55. The van der Waals surface area contributed by atoms with E-state index in [9.17, 15) is 4.79 Å². The predicted molar refractivity (Wildman–Crippen MR) is 95.8 cm³/mol. The zero-order chi connectivity index (χ0) is 17.1. The highest BCUT2D eigenvalue weighted by molar-refractivity contribution is 6.01. The lowest BCUT2D eigenvalue weighted by Crippen LogP contribution is -2.52. The van der Waals surface area contributed by atoms with Crippen molar-refractivity contribution in [3.63, 3.8) is 0 Å². The Hall–Kier alpha value is -2.23. The summed E-state index contributed by atoms with van der Waals surface area (Å²) in [7, 11) is 0. The first-order valence-corrected chi connectivity index (χ1v) is 9.38. The number of hydrogen-bond acceptors (Lipinski definition) is 4. The first-order valence-electron chi connectivity index (χ1n) is 9.38. The smallest absolute Gasteiger partial charge is 0.164 e. The molecule has 4 heteroatoms. The highest BCUT2D eigenvalue weighted by atomic mass is 16.1. The molecule has 5 rings (SSSR count). The minimum absolute atomic E-state index is 0.123. The molecule has 0 saturated heterocycles. The number of ketones is 1. The summed E-state index contributed by atoms with van der Waals surface area (Å²) in [4.78, 5) is 13.4. The van der Waals surface area contributed by atoms with Gasteiger partial charge in [0.1, 0.15) is 0 Å². The van der Waals surface area contributed by atoms with Crippen LogP contribution < -0.4 is 5.32 Å². The summed E-state index contributed by atoms with van der Waals surface area (Å²) in [5.41, 5.74) is 4.23. The number of hydrogen-bond donors (Lipinski definition) is 1. The van der Waals surface area contributed by atoms with Gasteiger partial charge in [0.2, 0.25) is 0 Å². The lowest BCUT2D eigenvalue weighted by molar-refractivity contribution is -0.121. The number of rotatable bonds is 2. The highest BCUT2D eigenvalue weighted by Crippen LogP contribution is 2.58. The number of nitrogens with zero attached hydrogens (tertiary/aromatic N) is 2. The van der Waals surface area contributed by atoms with Gasteiger partial charge in [-0.2, -0.15) is 10.2 Å². The summed E-state index contributed by atoms with van der Waals surface area (Å²) in [6.07, 6.45) is 7.90. The van der Waals surface area contributed by atoms with Gasteiger partial charge in [0, 0.05) is 23.3 Å². The maximum Gasteiger partial charge on any atom is 0.164 e. The summed E-state index contributed by atoms with van der Waals surface area (Å²) < 4.78 is 0. The lowest BCUT2D eigenvalue weighted by atomic mass is 9.54. The fourth-order valence-electron chi connectivity index (χ4n) is 5.45. The maximum atomic E-state index is 13.4. The van der Waals surface area contributed by atoms with Crippen molar-refractivity contribution >= 4 is 5.78 Å². The van der Waals surface area contributed by atoms with E-state index in [0.717, 1.165) is 29.7 Å². The molecule has 1 unspecified atom stereocenters. The van der Waals surface area contributed by atoms with Crippen LogP contribution in [0, 0.1) is 5.41 Å². The van der Waals surface area contributed by atoms with E-state index in [0.29, 0.717) is 12.2 Å². The van der Waals surface area contributed by atoms with E-state index in [1.165, 1.54) is 24.8 Å². The van der Waals surface area contributed by atoms with Crippen molar-refractivity contribution in [2.24, 2.45) is 15.6 Å². The van der Waals surface area contributed by atoms with E-state index in [1.807, 2.05) is 12.3 Å². The Morgan fingerprint density at radius 3 is 2.68 bits per heavy atom. The molecule has 1 saturated carbocycles. The van der Waals surface area contributed by atoms with Crippen molar-refractivity contribution < 1.29 is 4.79 Å². The molecule has 0 aromatic heterocycles. The van der Waals surface area contributed by atoms with Crippen LogP contribution in [0.25, 0.3) is 0 Å². The average molecular weight is 333 g/mol. The number of fused-ring (bicyclic) bond motifs is 1. The SMILES string of the molecule is CC[C@@]1(c2ccccc2)C2=CN=NC2NC2=C1C(=O)CC1(CCC1)C2. The minimum atomic E-state index is -0.390. The summed E-state index contributed by atoms with van der Waals surface area (Å²) in [5, 5.41) is 12.2. The molecular weight excluding hydrogens is 310 g/mol. The molecule has 4 nitrogen and oxygen atoms in total. The van der Waals surface area contributed by atoms with E-state index in [4.69, 9.17) is 0 Å². The molecule has 0 radical (unpaired) electrons. The number of allylic oxidation sites excluding steroid dienone is 2. The third-order valence-corrected chi connectivity index (χ3v) is 6.78. The van der Waals surface area contributed by atoms with Gasteiger partial charge in [0.15, 0.2) is 11.9 Å². The minimum Gasteiger partial charge on any atom is -0.362 e. The second-order valence-electron chi connectivity index (χ2n) is 7.97. The van der Waals surface area contributed by atoms with Gasteiger partial charge in [-0.25, -0.2) is 0 Å². The van der Waals surface area contributed by atoms with Crippen molar-refractivity contribution in [2.45, 2.75) is 57.0 Å². The maximum absolute atomic E-state index is 13.4. The number of benzene rings is 1. The van der Waals surface area contributed by atoms with Crippen LogP contribution in [-0.4, -0.2) is 11.9 Å². The Labute approximate surface area is 148 Å². The molecule has 0 amide bonds. The van der Waals surface area contributed by atoms with Crippen LogP contribution in [0.15, 0.2) is 63.6 Å². The fraction of sp³-hybridized carbons (Fsp3) is 0.476. The quantitative estimate of drug-likeness (QED) is 0.872. The van der Waals surface area contributed by atoms with Crippen LogP contribution in [0.2, 0.25) is 0 Å². The van der Waals surface area contributed by atoms with Crippen LogP contribution in [-0.2, 0) is 10.2 Å². The molecule has 1 aromatic carbocycles. The number of nitrogens with one attached hydrogen (secondary N) is 1. The summed E-state index contributed by atoms with van der Waals surface area (Å²) in [6.45, 7) is 2.18. The van der Waals surface area contributed by atoms with Crippen LogP contribution >= 0.6 is 0 Å². The van der Waals surface area contributed by atoms with Crippen molar-refractivity contribution in [2.75, 3.05) is 0 Å². The molecule has 1 spiro atoms. The van der Waals surface area contributed by atoms with Gasteiger partial charge in [-0.15, -0.1) is 0 Å². The third-order valence-electron chi connectivity index (χ3n) is 6.78. The number of Topliss-reactive ketones (excluding diaryl/α,β-unsaturated/α-hetero) is 1. The Morgan fingerprint density at radius 2 is 2.00 bits per heavy atom. The molecule has 2 aliphatic heterocycles. The van der Waals surface area contributed by atoms with Crippen LogP contribution in [0.1, 0.15) is 51.0 Å². The van der Waals surface area contributed by atoms with Crippen molar-refractivity contribution in [3.8, 4) is 0 Å². The molecule has 2 aliphatic carbocycles. The van der Waals surface area contributed by atoms with Gasteiger partial charge in [-0.05, 0) is 36.7 Å².